The number of hydrogen-bond acceptors (Lipinski definition) is 6. The number of carbonyl (C=O) groups is 1. The maximum absolute atomic E-state index is 12.1. The minimum atomic E-state index is -2.94. The summed E-state index contributed by atoms with van der Waals surface area (Å²) in [4.78, 5) is 12.0. The van der Waals surface area contributed by atoms with E-state index in [-0.39, 0.29) is 11.3 Å². The highest BCUT2D eigenvalue weighted by Crippen LogP contribution is 2.20. The number of carbonyl (C=O) groups excluding carboxylic acids is 1. The van der Waals surface area contributed by atoms with Gasteiger partial charge in [0, 0.05) is 5.56 Å². The summed E-state index contributed by atoms with van der Waals surface area (Å²) in [6.07, 6.45) is 0. The van der Waals surface area contributed by atoms with Crippen molar-refractivity contribution in [2.24, 2.45) is 0 Å². The molecule has 3 N–H and O–H groups in total. The van der Waals surface area contributed by atoms with Gasteiger partial charge in [0.05, 0.1) is 6.04 Å². The summed E-state index contributed by atoms with van der Waals surface area (Å²) in [7, 11) is 0. The lowest BCUT2D eigenvalue weighted by Crippen LogP contribution is -2.26. The van der Waals surface area contributed by atoms with Crippen LogP contribution in [0.15, 0.2) is 24.3 Å². The largest absolute Gasteiger partial charge is 0.435 e. The monoisotopic (exact) mass is 314 g/mol. The number of aromatic nitrogens is 2. The van der Waals surface area contributed by atoms with Crippen molar-refractivity contribution in [1.82, 2.24) is 15.5 Å². The first kappa shape index (κ1) is 15.1. The molecule has 112 valence electrons. The Hall–Kier alpha value is -2.29. The molecule has 0 radical (unpaired) electrons. The fourth-order valence-corrected chi connectivity index (χ4v) is 2.19. The van der Waals surface area contributed by atoms with Crippen molar-refractivity contribution in [2.45, 2.75) is 19.6 Å². The molecule has 0 spiro atoms. The van der Waals surface area contributed by atoms with Crippen LogP contribution in [0.1, 0.15) is 28.3 Å². The van der Waals surface area contributed by atoms with Crippen LogP contribution >= 0.6 is 11.3 Å². The Morgan fingerprint density at radius 2 is 2.19 bits per heavy atom. The number of nitrogens with one attached hydrogen (secondary N) is 1. The molecule has 9 heteroatoms. The third-order valence-electron chi connectivity index (χ3n) is 2.50. The summed E-state index contributed by atoms with van der Waals surface area (Å²) in [6.45, 7) is -1.22. The van der Waals surface area contributed by atoms with Gasteiger partial charge in [-0.2, -0.15) is 8.78 Å². The van der Waals surface area contributed by atoms with Crippen molar-refractivity contribution in [1.29, 1.82) is 0 Å². The van der Waals surface area contributed by atoms with Gasteiger partial charge in [-0.15, -0.1) is 10.2 Å². The first-order valence-corrected chi connectivity index (χ1v) is 6.72. The van der Waals surface area contributed by atoms with Crippen LogP contribution in [0.3, 0.4) is 0 Å². The zero-order valence-corrected chi connectivity index (χ0v) is 11.7. The van der Waals surface area contributed by atoms with Gasteiger partial charge in [0.1, 0.15) is 10.8 Å². The number of anilines is 1. The quantitative estimate of drug-likeness (QED) is 0.883. The first-order chi connectivity index (χ1) is 9.95. The zero-order chi connectivity index (χ0) is 15.4. The lowest BCUT2D eigenvalue weighted by molar-refractivity contribution is -0.0498. The molecule has 0 fully saturated rings. The Balaban J connectivity index is 2.06. The van der Waals surface area contributed by atoms with Gasteiger partial charge in [-0.1, -0.05) is 17.4 Å². The van der Waals surface area contributed by atoms with Crippen LogP contribution in [0, 0.1) is 0 Å². The number of benzene rings is 1. The van der Waals surface area contributed by atoms with Gasteiger partial charge in [-0.25, -0.2) is 0 Å². The summed E-state index contributed by atoms with van der Waals surface area (Å²) in [5.74, 6) is -0.513. The van der Waals surface area contributed by atoms with Gasteiger partial charge >= 0.3 is 6.61 Å². The zero-order valence-electron chi connectivity index (χ0n) is 10.9. The van der Waals surface area contributed by atoms with Crippen LogP contribution in [0.25, 0.3) is 0 Å². The average Bonchev–Trinajstić information content (AvgIpc) is 2.85. The summed E-state index contributed by atoms with van der Waals surface area (Å²) in [6, 6.07) is 5.14. The van der Waals surface area contributed by atoms with Crippen molar-refractivity contribution < 1.29 is 18.3 Å². The highest BCUT2D eigenvalue weighted by Gasteiger charge is 2.16. The second-order valence-electron chi connectivity index (χ2n) is 4.08. The van der Waals surface area contributed by atoms with Crippen LogP contribution in [-0.4, -0.2) is 22.7 Å². The van der Waals surface area contributed by atoms with Gasteiger partial charge in [0.15, 0.2) is 0 Å². The molecular weight excluding hydrogens is 302 g/mol. The average molecular weight is 314 g/mol. The molecule has 0 aliphatic heterocycles. The molecule has 0 saturated carbocycles. The maximum atomic E-state index is 12.1. The third kappa shape index (κ3) is 4.09. The maximum Gasteiger partial charge on any atom is 0.387 e. The van der Waals surface area contributed by atoms with Crippen LogP contribution in [0.5, 0.6) is 5.75 Å². The number of nitrogen functional groups attached to an aromatic ring is 1. The van der Waals surface area contributed by atoms with E-state index in [1.54, 1.807) is 6.92 Å². The van der Waals surface area contributed by atoms with E-state index < -0.39 is 18.6 Å². The molecule has 0 saturated heterocycles. The van der Waals surface area contributed by atoms with Gasteiger partial charge < -0.3 is 15.8 Å². The molecule has 2 rings (SSSR count). The van der Waals surface area contributed by atoms with Crippen LogP contribution in [0.4, 0.5) is 13.9 Å². The number of nitrogens with two attached hydrogens (primary N) is 1. The number of halogens is 2. The van der Waals surface area contributed by atoms with E-state index in [2.05, 4.69) is 20.3 Å². The Kier molecular flexibility index (Phi) is 4.63. The topological polar surface area (TPSA) is 90.1 Å². The number of rotatable bonds is 5. The van der Waals surface area contributed by atoms with Crippen molar-refractivity contribution in [3.8, 4) is 5.75 Å². The number of hydrogen-bond donors (Lipinski definition) is 2. The Bertz CT molecular complexity index is 635. The fraction of sp³-hybridized carbons (Fsp3) is 0.250. The van der Waals surface area contributed by atoms with Crippen LogP contribution < -0.4 is 15.8 Å². The third-order valence-corrected chi connectivity index (χ3v) is 3.43. The summed E-state index contributed by atoms with van der Waals surface area (Å²) in [5, 5.41) is 11.0. The highest BCUT2D eigenvalue weighted by molar-refractivity contribution is 7.15. The molecule has 0 aliphatic rings. The lowest BCUT2D eigenvalue weighted by atomic mass is 10.2. The van der Waals surface area contributed by atoms with E-state index in [1.165, 1.54) is 24.3 Å². The molecule has 1 amide bonds. The van der Waals surface area contributed by atoms with E-state index in [9.17, 15) is 13.6 Å². The number of nitrogens with zero attached hydrogens (tertiary/aromatic N) is 2. The molecule has 21 heavy (non-hydrogen) atoms. The molecule has 1 atom stereocenters. The van der Waals surface area contributed by atoms with Crippen molar-refractivity contribution in [3.63, 3.8) is 0 Å². The standard InChI is InChI=1S/C12H12F2N4O2S/c1-6(10-17-18-12(15)21-10)16-9(19)7-3-2-4-8(5-7)20-11(13)14/h2-6,11H,1H3,(H2,15,18)(H,16,19)/t6-/m0/s1. The minimum Gasteiger partial charge on any atom is -0.435 e. The van der Waals surface area contributed by atoms with Crippen molar-refractivity contribution in [2.75, 3.05) is 5.73 Å². The molecule has 1 aromatic carbocycles. The second-order valence-corrected chi connectivity index (χ2v) is 5.12. The van der Waals surface area contributed by atoms with E-state index in [4.69, 9.17) is 5.73 Å². The predicted molar refractivity (Wildman–Crippen MR) is 73.3 cm³/mol. The molecule has 1 aromatic heterocycles. The molecule has 0 unspecified atom stereocenters. The second kappa shape index (κ2) is 6.44. The molecule has 0 aliphatic carbocycles. The molecular formula is C12H12F2N4O2S. The fourth-order valence-electron chi connectivity index (χ4n) is 1.58. The Morgan fingerprint density at radius 3 is 2.81 bits per heavy atom. The molecule has 1 heterocycles. The van der Waals surface area contributed by atoms with Crippen LogP contribution in [0.2, 0.25) is 0 Å². The van der Waals surface area contributed by atoms with Crippen molar-refractivity contribution >= 4 is 22.4 Å². The first-order valence-electron chi connectivity index (χ1n) is 5.90. The number of ether oxygens (including phenoxy) is 1. The van der Waals surface area contributed by atoms with Gasteiger partial charge in [-0.05, 0) is 25.1 Å². The highest BCUT2D eigenvalue weighted by atomic mass is 32.1. The predicted octanol–water partition coefficient (Wildman–Crippen LogP) is 2.21. The molecule has 2 aromatic rings. The Labute approximate surface area is 122 Å². The lowest BCUT2D eigenvalue weighted by Gasteiger charge is -2.11. The van der Waals surface area contributed by atoms with Gasteiger partial charge in [-0.3, -0.25) is 4.79 Å². The molecule has 0 bridgehead atoms. The van der Waals surface area contributed by atoms with Crippen molar-refractivity contribution in [3.05, 3.63) is 34.8 Å². The molecule has 6 nitrogen and oxygen atoms in total. The normalized spacial score (nSPS) is 12.2. The van der Waals surface area contributed by atoms with E-state index in [0.717, 1.165) is 11.3 Å². The minimum absolute atomic E-state index is 0.0783. The van der Waals surface area contributed by atoms with Gasteiger partial charge in [0.2, 0.25) is 5.13 Å². The SMILES string of the molecule is C[C@H](NC(=O)c1cccc(OC(F)F)c1)c1nnc(N)s1. The summed E-state index contributed by atoms with van der Waals surface area (Å²) < 4.78 is 28.5. The number of alkyl halides is 2. The number of amides is 1. The smallest absolute Gasteiger partial charge is 0.387 e. The summed E-state index contributed by atoms with van der Waals surface area (Å²) >= 11 is 1.16. The Morgan fingerprint density at radius 1 is 1.43 bits per heavy atom. The van der Waals surface area contributed by atoms with E-state index in [1.807, 2.05) is 0 Å². The summed E-state index contributed by atoms with van der Waals surface area (Å²) in [5.41, 5.74) is 5.68. The van der Waals surface area contributed by atoms with Gasteiger partial charge in [0.25, 0.3) is 5.91 Å². The van der Waals surface area contributed by atoms with E-state index in [0.29, 0.717) is 10.1 Å². The van der Waals surface area contributed by atoms with Crippen LogP contribution in [-0.2, 0) is 0 Å². The van der Waals surface area contributed by atoms with E-state index >= 15 is 0 Å².